The molecule has 7 rings (SSSR count). The fraction of sp³-hybridized carbons (Fsp3) is 0.724. The number of benzene rings is 1. The van der Waals surface area contributed by atoms with Crippen LogP contribution >= 0.6 is 0 Å². The molecule has 1 aromatic rings. The van der Waals surface area contributed by atoms with Gasteiger partial charge in [-0.1, -0.05) is 32.9 Å². The summed E-state index contributed by atoms with van der Waals surface area (Å²) in [6, 6.07) is 4.33. The molecular weight excluding hydrogens is 426 g/mol. The van der Waals surface area contributed by atoms with Gasteiger partial charge in [0.15, 0.2) is 11.5 Å². The number of phenols is 1. The maximum absolute atomic E-state index is 12.2. The van der Waals surface area contributed by atoms with Crippen molar-refractivity contribution in [3.05, 3.63) is 35.9 Å². The topological polar surface area (TPSA) is 62.2 Å². The lowest BCUT2D eigenvalue weighted by Gasteiger charge is -2.75. The summed E-state index contributed by atoms with van der Waals surface area (Å²) in [6.45, 7) is 14.5. The number of fused-ring (bicyclic) bond motifs is 2. The van der Waals surface area contributed by atoms with E-state index in [9.17, 15) is 10.2 Å². The molecular formula is C29H41NO4. The Labute approximate surface area is 204 Å². The molecule has 0 unspecified atom stereocenters. The summed E-state index contributed by atoms with van der Waals surface area (Å²) in [7, 11) is 1.81. The summed E-state index contributed by atoms with van der Waals surface area (Å²) in [5, 5.41) is 23.1. The number of hydrogen-bond donors (Lipinski definition) is 2. The zero-order valence-corrected chi connectivity index (χ0v) is 21.5. The molecule has 0 amide bonds. The van der Waals surface area contributed by atoms with Crippen molar-refractivity contribution in [3.63, 3.8) is 0 Å². The maximum atomic E-state index is 12.2. The van der Waals surface area contributed by atoms with Gasteiger partial charge >= 0.3 is 0 Å². The number of hydrogen-bond acceptors (Lipinski definition) is 5. The van der Waals surface area contributed by atoms with E-state index in [1.807, 2.05) is 26.2 Å². The van der Waals surface area contributed by atoms with Crippen molar-refractivity contribution < 1.29 is 19.7 Å². The monoisotopic (exact) mass is 467 g/mol. The summed E-state index contributed by atoms with van der Waals surface area (Å²) in [5.41, 5.74) is 0.562. The Morgan fingerprint density at radius 2 is 2.00 bits per heavy atom. The number of aromatic hydroxyl groups is 1. The number of rotatable bonds is 5. The summed E-state index contributed by atoms with van der Waals surface area (Å²) in [4.78, 5) is 2.70. The van der Waals surface area contributed by atoms with Crippen LogP contribution in [-0.2, 0) is 16.6 Å². The summed E-state index contributed by atoms with van der Waals surface area (Å²) in [6.07, 6.45) is 7.67. The summed E-state index contributed by atoms with van der Waals surface area (Å²) >= 11 is 0. The average molecular weight is 468 g/mol. The minimum atomic E-state index is -0.932. The standard InChI is InChI=1S/C29H41NO4/c1-7-8-14-30-15-13-28-22-18-9-10-19(31)23(22)34-24(28)29(33-6)12-11-27(28,21(30)16-18)17-20(29)26(5,32)25(2,3)4/h7,9-10,20-21,24,31-32H,1,8,11-17H2,2-6H3/t20-,21-,24-,26+,27-,28+,29-/m1/s1. The van der Waals surface area contributed by atoms with E-state index in [1.165, 1.54) is 11.1 Å². The van der Waals surface area contributed by atoms with E-state index < -0.39 is 11.2 Å². The van der Waals surface area contributed by atoms with Gasteiger partial charge in [0.1, 0.15) is 11.7 Å². The molecule has 0 aromatic heterocycles. The zero-order chi connectivity index (χ0) is 24.3. The average Bonchev–Trinajstić information content (AvgIpc) is 3.16. The van der Waals surface area contributed by atoms with E-state index in [1.54, 1.807) is 0 Å². The van der Waals surface area contributed by atoms with Crippen LogP contribution < -0.4 is 4.74 Å². The highest BCUT2D eigenvalue weighted by Crippen LogP contribution is 2.77. The molecule has 6 aliphatic rings. The van der Waals surface area contributed by atoms with E-state index in [0.717, 1.165) is 51.6 Å². The van der Waals surface area contributed by atoms with Crippen molar-refractivity contribution in [1.29, 1.82) is 0 Å². The lowest BCUT2D eigenvalue weighted by Crippen LogP contribution is -2.83. The van der Waals surface area contributed by atoms with Crippen LogP contribution in [0.25, 0.3) is 0 Å². The van der Waals surface area contributed by atoms with Gasteiger partial charge in [-0.3, -0.25) is 4.90 Å². The first-order valence-corrected chi connectivity index (χ1v) is 13.1. The quantitative estimate of drug-likeness (QED) is 0.621. The second-order valence-corrected chi connectivity index (χ2v) is 13.0. The third-order valence-corrected chi connectivity index (χ3v) is 11.3. The van der Waals surface area contributed by atoms with Gasteiger partial charge in [0.25, 0.3) is 0 Å². The predicted octanol–water partition coefficient (Wildman–Crippen LogP) is 4.58. The third kappa shape index (κ3) is 2.33. The highest BCUT2D eigenvalue weighted by Gasteiger charge is 2.82. The van der Waals surface area contributed by atoms with Crippen LogP contribution in [0, 0.1) is 16.7 Å². The highest BCUT2D eigenvalue weighted by atomic mass is 16.6. The van der Waals surface area contributed by atoms with Crippen LogP contribution in [-0.4, -0.2) is 58.7 Å². The van der Waals surface area contributed by atoms with E-state index in [-0.39, 0.29) is 34.0 Å². The van der Waals surface area contributed by atoms with Crippen LogP contribution in [0.1, 0.15) is 70.9 Å². The van der Waals surface area contributed by atoms with Crippen molar-refractivity contribution in [2.75, 3.05) is 20.2 Å². The molecule has 5 heteroatoms. The van der Waals surface area contributed by atoms with Crippen LogP contribution in [0.3, 0.4) is 0 Å². The van der Waals surface area contributed by atoms with Crippen molar-refractivity contribution >= 4 is 0 Å². The largest absolute Gasteiger partial charge is 0.504 e. The molecule has 5 nitrogen and oxygen atoms in total. The van der Waals surface area contributed by atoms with Gasteiger partial charge in [0.2, 0.25) is 0 Å². The summed E-state index contributed by atoms with van der Waals surface area (Å²) in [5.74, 6) is 0.871. The molecule has 2 heterocycles. The van der Waals surface area contributed by atoms with Gasteiger partial charge in [0.05, 0.1) is 5.60 Å². The molecule has 2 aliphatic heterocycles. The minimum Gasteiger partial charge on any atom is -0.504 e. The Balaban J connectivity index is 1.61. The van der Waals surface area contributed by atoms with Crippen LogP contribution in [0.15, 0.2) is 24.8 Å². The number of phenolic OH excluding ortho intramolecular Hbond substituents is 1. The number of piperidine rings is 1. The number of nitrogens with zero attached hydrogens (tertiary/aromatic N) is 1. The molecule has 7 atom stereocenters. The van der Waals surface area contributed by atoms with Gasteiger partial charge in [-0.15, -0.1) is 6.58 Å². The zero-order valence-electron chi connectivity index (χ0n) is 21.5. The Morgan fingerprint density at radius 3 is 2.68 bits per heavy atom. The SMILES string of the molecule is C=CCCN1CC[C@]23c4c5ccc(O)c4O[C@H]2[C@@]2(OC)CC[C@@]3(C[C@@H]2[C@](C)(O)C(C)(C)C)[C@H]1C5. The van der Waals surface area contributed by atoms with Crippen molar-refractivity contribution in [1.82, 2.24) is 4.90 Å². The first-order valence-electron chi connectivity index (χ1n) is 13.1. The molecule has 34 heavy (non-hydrogen) atoms. The van der Waals surface area contributed by atoms with E-state index in [2.05, 4.69) is 38.3 Å². The Hall–Kier alpha value is -1.56. The first kappa shape index (κ1) is 22.9. The van der Waals surface area contributed by atoms with E-state index in [4.69, 9.17) is 9.47 Å². The van der Waals surface area contributed by atoms with Crippen molar-refractivity contribution in [2.24, 2.45) is 16.7 Å². The van der Waals surface area contributed by atoms with Crippen molar-refractivity contribution in [3.8, 4) is 11.5 Å². The second kappa shape index (κ2) is 6.80. The van der Waals surface area contributed by atoms with Crippen molar-refractivity contribution in [2.45, 2.75) is 95.0 Å². The van der Waals surface area contributed by atoms with Gasteiger partial charge in [-0.25, -0.2) is 0 Å². The molecule has 1 aromatic carbocycles. The van der Waals surface area contributed by atoms with Crippen LogP contribution in [0.2, 0.25) is 0 Å². The lowest BCUT2D eigenvalue weighted by atomic mass is 9.33. The third-order valence-electron chi connectivity index (χ3n) is 11.3. The first-order chi connectivity index (χ1) is 16.0. The fourth-order valence-electron chi connectivity index (χ4n) is 9.25. The number of aliphatic hydroxyl groups is 1. The number of methoxy groups -OCH3 is 1. The van der Waals surface area contributed by atoms with E-state index >= 15 is 0 Å². The highest BCUT2D eigenvalue weighted by molar-refractivity contribution is 5.63. The molecule has 1 saturated heterocycles. The van der Waals surface area contributed by atoms with Gasteiger partial charge < -0.3 is 19.7 Å². The lowest BCUT2D eigenvalue weighted by molar-refractivity contribution is -0.312. The second-order valence-electron chi connectivity index (χ2n) is 13.0. The molecule has 2 spiro atoms. The van der Waals surface area contributed by atoms with Gasteiger partial charge in [0, 0.05) is 42.0 Å². The van der Waals surface area contributed by atoms with E-state index in [0.29, 0.717) is 11.8 Å². The predicted molar refractivity (Wildman–Crippen MR) is 132 cm³/mol. The van der Waals surface area contributed by atoms with Gasteiger partial charge in [-0.2, -0.15) is 0 Å². The minimum absolute atomic E-state index is 0.0106. The Kier molecular flexibility index (Phi) is 4.58. The normalized spacial score (nSPS) is 41.5. The molecule has 2 N–H and O–H groups in total. The van der Waals surface area contributed by atoms with Crippen LogP contribution in [0.4, 0.5) is 0 Å². The van der Waals surface area contributed by atoms with Gasteiger partial charge in [-0.05, 0) is 69.0 Å². The molecule has 3 saturated carbocycles. The molecule has 4 bridgehead atoms. The number of likely N-dealkylation sites (tertiary alicyclic amines) is 1. The molecule has 0 radical (unpaired) electrons. The molecule has 4 aliphatic carbocycles. The fourth-order valence-corrected chi connectivity index (χ4v) is 9.25. The maximum Gasteiger partial charge on any atom is 0.165 e. The number of ether oxygens (including phenoxy) is 2. The smallest absolute Gasteiger partial charge is 0.165 e. The Bertz CT molecular complexity index is 1040. The Morgan fingerprint density at radius 1 is 1.24 bits per heavy atom. The molecule has 186 valence electrons. The molecule has 4 fully saturated rings. The van der Waals surface area contributed by atoms with Crippen LogP contribution in [0.5, 0.6) is 11.5 Å². The summed E-state index contributed by atoms with van der Waals surface area (Å²) < 4.78 is 13.4.